The summed E-state index contributed by atoms with van der Waals surface area (Å²) in [4.78, 5) is 25.0. The number of nitrogens with zero attached hydrogens (tertiary/aromatic N) is 1. The number of fused-ring (bicyclic) bond motifs is 1. The molecule has 1 aliphatic carbocycles. The fourth-order valence-electron chi connectivity index (χ4n) is 3.26. The molecule has 4 nitrogen and oxygen atoms in total. The molecule has 1 fully saturated rings. The van der Waals surface area contributed by atoms with Crippen molar-refractivity contribution < 1.29 is 9.59 Å². The van der Waals surface area contributed by atoms with E-state index < -0.39 is 0 Å². The minimum Gasteiger partial charge on any atom is -0.382 e. The van der Waals surface area contributed by atoms with E-state index in [-0.39, 0.29) is 11.8 Å². The molecule has 0 bridgehead atoms. The molecule has 4 heteroatoms. The van der Waals surface area contributed by atoms with E-state index in [0.29, 0.717) is 17.2 Å². The number of amides is 2. The first-order valence-corrected chi connectivity index (χ1v) is 7.33. The van der Waals surface area contributed by atoms with Gasteiger partial charge >= 0.3 is 0 Å². The van der Waals surface area contributed by atoms with E-state index in [4.69, 9.17) is 0 Å². The average molecular weight is 272 g/mol. The van der Waals surface area contributed by atoms with Gasteiger partial charge in [-0.25, -0.2) is 0 Å². The molecule has 1 saturated carbocycles. The predicted octanol–water partition coefficient (Wildman–Crippen LogP) is 2.90. The molecule has 2 atom stereocenters. The molecule has 1 aliphatic heterocycles. The molecule has 20 heavy (non-hydrogen) atoms. The third-order valence-electron chi connectivity index (χ3n) is 4.58. The number of carbonyl (C=O) groups excluding carboxylic acids is 2. The molecule has 3 rings (SSSR count). The summed E-state index contributed by atoms with van der Waals surface area (Å²) in [6.07, 6.45) is 4.89. The minimum absolute atomic E-state index is 0.202. The number of rotatable bonds is 3. The van der Waals surface area contributed by atoms with Crippen molar-refractivity contribution in [1.82, 2.24) is 4.90 Å². The van der Waals surface area contributed by atoms with Crippen molar-refractivity contribution >= 4 is 17.5 Å². The van der Waals surface area contributed by atoms with Crippen LogP contribution in [-0.4, -0.2) is 29.8 Å². The Balaban J connectivity index is 1.77. The van der Waals surface area contributed by atoms with Crippen LogP contribution in [0.3, 0.4) is 0 Å². The van der Waals surface area contributed by atoms with Gasteiger partial charge in [-0.05, 0) is 43.4 Å². The van der Waals surface area contributed by atoms with Gasteiger partial charge in [0.2, 0.25) is 0 Å². The largest absolute Gasteiger partial charge is 0.382 e. The highest BCUT2D eigenvalue weighted by Crippen LogP contribution is 2.31. The van der Waals surface area contributed by atoms with Crippen molar-refractivity contribution in [1.29, 1.82) is 0 Å². The first kappa shape index (κ1) is 13.2. The second kappa shape index (κ2) is 4.93. The Morgan fingerprint density at radius 3 is 2.65 bits per heavy atom. The summed E-state index contributed by atoms with van der Waals surface area (Å²) in [5.41, 5.74) is 1.98. The van der Waals surface area contributed by atoms with E-state index in [0.717, 1.165) is 11.6 Å². The summed E-state index contributed by atoms with van der Waals surface area (Å²) >= 11 is 0. The number of hydrogen-bond acceptors (Lipinski definition) is 3. The van der Waals surface area contributed by atoms with Gasteiger partial charge in [0.1, 0.15) is 0 Å². The molecule has 1 heterocycles. The molecule has 0 saturated heterocycles. The summed E-state index contributed by atoms with van der Waals surface area (Å²) in [5, 5.41) is 3.50. The highest BCUT2D eigenvalue weighted by Gasteiger charge is 2.33. The molecule has 2 unspecified atom stereocenters. The van der Waals surface area contributed by atoms with Crippen molar-refractivity contribution in [2.24, 2.45) is 5.92 Å². The van der Waals surface area contributed by atoms with Crippen LogP contribution in [0.4, 0.5) is 5.69 Å². The first-order valence-electron chi connectivity index (χ1n) is 7.33. The monoisotopic (exact) mass is 272 g/mol. The number of imide groups is 1. The van der Waals surface area contributed by atoms with Gasteiger partial charge in [0.25, 0.3) is 11.8 Å². The Morgan fingerprint density at radius 1 is 1.20 bits per heavy atom. The van der Waals surface area contributed by atoms with Crippen molar-refractivity contribution in [3.8, 4) is 0 Å². The molecular formula is C16H20N2O2. The van der Waals surface area contributed by atoms with E-state index in [2.05, 4.69) is 12.2 Å². The molecule has 106 valence electrons. The highest BCUT2D eigenvalue weighted by molar-refractivity contribution is 6.21. The zero-order valence-electron chi connectivity index (χ0n) is 12.0. The van der Waals surface area contributed by atoms with E-state index in [9.17, 15) is 9.59 Å². The zero-order chi connectivity index (χ0) is 14.3. The Hall–Kier alpha value is -1.84. The summed E-state index contributed by atoms with van der Waals surface area (Å²) in [6, 6.07) is 5.97. The molecule has 1 N–H and O–H groups in total. The van der Waals surface area contributed by atoms with Crippen LogP contribution in [0.2, 0.25) is 0 Å². The maximum atomic E-state index is 12.0. The maximum Gasteiger partial charge on any atom is 0.261 e. The summed E-state index contributed by atoms with van der Waals surface area (Å²) in [5.74, 6) is 0.409. The smallest absolute Gasteiger partial charge is 0.261 e. The molecule has 1 aromatic carbocycles. The van der Waals surface area contributed by atoms with Crippen molar-refractivity contribution in [2.75, 3.05) is 12.4 Å². The van der Waals surface area contributed by atoms with Gasteiger partial charge in [-0.15, -0.1) is 0 Å². The summed E-state index contributed by atoms with van der Waals surface area (Å²) in [7, 11) is 1.53. The fourth-order valence-corrected chi connectivity index (χ4v) is 3.26. The zero-order valence-corrected chi connectivity index (χ0v) is 12.0. The van der Waals surface area contributed by atoms with Crippen LogP contribution in [0.5, 0.6) is 0 Å². The van der Waals surface area contributed by atoms with Crippen molar-refractivity contribution in [3.63, 3.8) is 0 Å². The molecule has 0 aromatic heterocycles. The second-order valence-electron chi connectivity index (χ2n) is 5.86. The number of benzene rings is 1. The fraction of sp³-hybridized carbons (Fsp3) is 0.500. The minimum atomic E-state index is -0.205. The lowest BCUT2D eigenvalue weighted by molar-refractivity contribution is 0.0693. The quantitative estimate of drug-likeness (QED) is 0.861. The van der Waals surface area contributed by atoms with Gasteiger partial charge in [0.05, 0.1) is 11.1 Å². The lowest BCUT2D eigenvalue weighted by atomic mass is 10.1. The van der Waals surface area contributed by atoms with E-state index in [1.165, 1.54) is 37.6 Å². The van der Waals surface area contributed by atoms with Gasteiger partial charge in [-0.2, -0.15) is 0 Å². The van der Waals surface area contributed by atoms with Gasteiger partial charge in [0, 0.05) is 18.8 Å². The molecular weight excluding hydrogens is 252 g/mol. The van der Waals surface area contributed by atoms with E-state index in [1.807, 2.05) is 12.1 Å². The Kier molecular flexibility index (Phi) is 3.24. The van der Waals surface area contributed by atoms with Gasteiger partial charge in [0.15, 0.2) is 0 Å². The number of carbonyl (C=O) groups is 2. The molecule has 0 radical (unpaired) electrons. The lowest BCUT2D eigenvalue weighted by Gasteiger charge is -2.14. The number of nitrogens with one attached hydrogen (secondary N) is 1. The Bertz CT molecular complexity index is 568. The molecule has 2 aliphatic rings. The van der Waals surface area contributed by atoms with Crippen LogP contribution in [0.25, 0.3) is 0 Å². The van der Waals surface area contributed by atoms with Crippen LogP contribution in [0.15, 0.2) is 18.2 Å². The van der Waals surface area contributed by atoms with Crippen LogP contribution < -0.4 is 5.32 Å². The number of anilines is 1. The van der Waals surface area contributed by atoms with Gasteiger partial charge < -0.3 is 5.32 Å². The van der Waals surface area contributed by atoms with Crippen molar-refractivity contribution in [3.05, 3.63) is 29.3 Å². The third-order valence-corrected chi connectivity index (χ3v) is 4.58. The average Bonchev–Trinajstić information content (AvgIpc) is 2.99. The van der Waals surface area contributed by atoms with Gasteiger partial charge in [-0.3, -0.25) is 14.5 Å². The van der Waals surface area contributed by atoms with Crippen LogP contribution in [0.1, 0.15) is 53.3 Å². The van der Waals surface area contributed by atoms with Crippen LogP contribution in [-0.2, 0) is 0 Å². The second-order valence-corrected chi connectivity index (χ2v) is 5.86. The summed E-state index contributed by atoms with van der Waals surface area (Å²) in [6.45, 7) is 2.24. The highest BCUT2D eigenvalue weighted by atomic mass is 16.2. The van der Waals surface area contributed by atoms with Crippen molar-refractivity contribution in [2.45, 2.75) is 38.6 Å². The molecule has 0 spiro atoms. The topological polar surface area (TPSA) is 49.4 Å². The predicted molar refractivity (Wildman–Crippen MR) is 77.9 cm³/mol. The van der Waals surface area contributed by atoms with Gasteiger partial charge in [-0.1, -0.05) is 13.3 Å². The standard InChI is InChI=1S/C16H20N2O2/c1-3-10-4-5-11(8-10)17-12-6-7-13-14(9-12)16(20)18(2)15(13)19/h6-7,9-11,17H,3-5,8H2,1-2H3. The Morgan fingerprint density at radius 2 is 1.95 bits per heavy atom. The maximum absolute atomic E-state index is 12.0. The van der Waals surface area contributed by atoms with E-state index >= 15 is 0 Å². The Labute approximate surface area is 119 Å². The molecule has 2 amide bonds. The SMILES string of the molecule is CCC1CCC(Nc2ccc3c(c2)C(=O)N(C)C3=O)C1. The lowest BCUT2D eigenvalue weighted by Crippen LogP contribution is -2.24. The number of hydrogen-bond donors (Lipinski definition) is 1. The van der Waals surface area contributed by atoms with Crippen LogP contribution in [0, 0.1) is 5.92 Å². The third kappa shape index (κ3) is 2.09. The molecule has 1 aromatic rings. The summed E-state index contributed by atoms with van der Waals surface area (Å²) < 4.78 is 0. The van der Waals surface area contributed by atoms with E-state index in [1.54, 1.807) is 6.07 Å². The normalized spacial score (nSPS) is 25.2. The van der Waals surface area contributed by atoms with Crippen LogP contribution >= 0.6 is 0 Å². The first-order chi connectivity index (χ1) is 9.60.